The number of likely N-dealkylation sites (tertiary alicyclic amines) is 2. The van der Waals surface area contributed by atoms with Gasteiger partial charge in [-0.3, -0.25) is 29.3 Å². The predicted molar refractivity (Wildman–Crippen MR) is 208 cm³/mol. The predicted octanol–water partition coefficient (Wildman–Crippen LogP) is 4.00. The molecule has 0 radical (unpaired) electrons. The number of hydrogen-bond acceptors (Lipinski definition) is 9. The maximum absolute atomic E-state index is 14.2. The molecule has 0 saturated carbocycles. The molecule has 14 heteroatoms. The first-order valence-corrected chi connectivity index (χ1v) is 19.6. The summed E-state index contributed by atoms with van der Waals surface area (Å²) in [5.74, 6) is -1.46. The SMILES string of the molecule is CC[C@H](C)[C@@H]([C@@H](CC(=O)N1CCC[C@H]1[C@H](OC)[C@@H](C)C(=O)N(C)CCc1cccc([N+](=O)[O-])c1)OC)N(C)C(=O)[C@@H](NC(=O)[C@@H]1CCCN(C)C1)C(C)C. The Hall–Kier alpha value is -3.62. The summed E-state index contributed by atoms with van der Waals surface area (Å²) in [6, 6.07) is 4.92. The molecule has 304 valence electrons. The number of nitrogens with one attached hydrogen (secondary N) is 1. The molecule has 1 aromatic rings. The second-order valence-electron chi connectivity index (χ2n) is 15.9. The van der Waals surface area contributed by atoms with Crippen molar-refractivity contribution in [1.29, 1.82) is 0 Å². The van der Waals surface area contributed by atoms with E-state index >= 15 is 0 Å². The molecule has 1 aromatic carbocycles. The molecule has 2 heterocycles. The number of likely N-dealkylation sites (N-methyl/N-ethyl adjacent to an activating group) is 2. The molecule has 8 atom stereocenters. The van der Waals surface area contributed by atoms with E-state index in [4.69, 9.17) is 9.47 Å². The van der Waals surface area contributed by atoms with Gasteiger partial charge in [0, 0.05) is 60.1 Å². The minimum atomic E-state index is -0.719. The molecule has 2 aliphatic heterocycles. The number of carbonyl (C=O) groups excluding carboxylic acids is 4. The summed E-state index contributed by atoms with van der Waals surface area (Å²) in [7, 11) is 8.59. The summed E-state index contributed by atoms with van der Waals surface area (Å²) in [6.45, 7) is 12.3. The molecule has 14 nitrogen and oxygen atoms in total. The van der Waals surface area contributed by atoms with E-state index in [1.807, 2.05) is 41.7 Å². The van der Waals surface area contributed by atoms with Crippen LogP contribution < -0.4 is 5.32 Å². The van der Waals surface area contributed by atoms with E-state index < -0.39 is 35.1 Å². The average molecular weight is 759 g/mol. The van der Waals surface area contributed by atoms with Crippen LogP contribution in [0.3, 0.4) is 0 Å². The van der Waals surface area contributed by atoms with Gasteiger partial charge in [0.2, 0.25) is 23.6 Å². The highest BCUT2D eigenvalue weighted by molar-refractivity contribution is 5.89. The van der Waals surface area contributed by atoms with E-state index in [0.717, 1.165) is 37.8 Å². The number of methoxy groups -OCH3 is 2. The number of ether oxygens (including phenoxy) is 2. The largest absolute Gasteiger partial charge is 0.379 e. The summed E-state index contributed by atoms with van der Waals surface area (Å²) in [5.41, 5.74) is 0.774. The van der Waals surface area contributed by atoms with Gasteiger partial charge in [-0.2, -0.15) is 0 Å². The Balaban J connectivity index is 1.72. The van der Waals surface area contributed by atoms with Crippen molar-refractivity contribution in [2.24, 2.45) is 23.7 Å². The van der Waals surface area contributed by atoms with Gasteiger partial charge < -0.3 is 34.4 Å². The zero-order chi connectivity index (χ0) is 40.3. The molecule has 0 aromatic heterocycles. The Morgan fingerprint density at radius 2 is 1.70 bits per heavy atom. The van der Waals surface area contributed by atoms with Crippen molar-refractivity contribution in [1.82, 2.24) is 24.9 Å². The highest BCUT2D eigenvalue weighted by Gasteiger charge is 2.43. The van der Waals surface area contributed by atoms with Gasteiger partial charge >= 0.3 is 0 Å². The highest BCUT2D eigenvalue weighted by Crippen LogP contribution is 2.30. The van der Waals surface area contributed by atoms with Gasteiger partial charge in [-0.25, -0.2) is 0 Å². The third kappa shape index (κ3) is 11.5. The van der Waals surface area contributed by atoms with Crippen LogP contribution in [-0.2, 0) is 35.1 Å². The Morgan fingerprint density at radius 3 is 2.30 bits per heavy atom. The van der Waals surface area contributed by atoms with Crippen molar-refractivity contribution in [3.63, 3.8) is 0 Å². The maximum Gasteiger partial charge on any atom is 0.269 e. The topological polar surface area (TPSA) is 155 Å². The molecule has 54 heavy (non-hydrogen) atoms. The van der Waals surface area contributed by atoms with E-state index in [-0.39, 0.29) is 59.5 Å². The van der Waals surface area contributed by atoms with E-state index in [1.54, 1.807) is 55.1 Å². The zero-order valence-electron chi connectivity index (χ0n) is 34.3. The Kier molecular flexibility index (Phi) is 17.3. The number of benzene rings is 1. The summed E-state index contributed by atoms with van der Waals surface area (Å²) in [6.07, 6.45) is 3.24. The number of amides is 4. The smallest absolute Gasteiger partial charge is 0.269 e. The number of non-ortho nitro benzene ring substituents is 1. The third-order valence-electron chi connectivity index (χ3n) is 11.7. The van der Waals surface area contributed by atoms with Gasteiger partial charge in [-0.1, -0.05) is 53.2 Å². The van der Waals surface area contributed by atoms with E-state index in [1.165, 1.54) is 12.1 Å². The fourth-order valence-corrected chi connectivity index (χ4v) is 8.26. The second kappa shape index (κ2) is 20.9. The molecule has 2 fully saturated rings. The van der Waals surface area contributed by atoms with E-state index in [0.29, 0.717) is 32.5 Å². The third-order valence-corrected chi connectivity index (χ3v) is 11.7. The summed E-state index contributed by atoms with van der Waals surface area (Å²) in [5, 5.41) is 14.3. The zero-order valence-corrected chi connectivity index (χ0v) is 34.3. The first kappa shape index (κ1) is 44.8. The minimum Gasteiger partial charge on any atom is -0.379 e. The summed E-state index contributed by atoms with van der Waals surface area (Å²) >= 11 is 0. The lowest BCUT2D eigenvalue weighted by atomic mass is 9.89. The normalized spacial score (nSPS) is 21.1. The van der Waals surface area contributed by atoms with E-state index in [9.17, 15) is 29.3 Å². The van der Waals surface area contributed by atoms with Crippen LogP contribution in [-0.4, -0.2) is 140 Å². The van der Waals surface area contributed by atoms with Crippen molar-refractivity contribution in [3.8, 4) is 0 Å². The molecule has 2 aliphatic rings. The molecule has 0 aliphatic carbocycles. The summed E-state index contributed by atoms with van der Waals surface area (Å²) in [4.78, 5) is 73.4. The quantitative estimate of drug-likeness (QED) is 0.163. The molecule has 0 spiro atoms. The molecule has 2 saturated heterocycles. The van der Waals surface area contributed by atoms with Crippen LogP contribution in [0.4, 0.5) is 5.69 Å². The van der Waals surface area contributed by atoms with Crippen LogP contribution in [0.5, 0.6) is 0 Å². The molecule has 0 bridgehead atoms. The van der Waals surface area contributed by atoms with Crippen LogP contribution in [0.2, 0.25) is 0 Å². The van der Waals surface area contributed by atoms with Crippen molar-refractivity contribution < 1.29 is 33.6 Å². The highest BCUT2D eigenvalue weighted by atomic mass is 16.6. The lowest BCUT2D eigenvalue weighted by Crippen LogP contribution is -2.58. The number of nitro groups is 1. The first-order chi connectivity index (χ1) is 25.6. The first-order valence-electron chi connectivity index (χ1n) is 19.6. The number of rotatable bonds is 19. The fourth-order valence-electron chi connectivity index (χ4n) is 8.26. The monoisotopic (exact) mass is 758 g/mol. The van der Waals surface area contributed by atoms with Gasteiger partial charge in [0.05, 0.1) is 47.5 Å². The number of carbonyl (C=O) groups is 4. The second-order valence-corrected chi connectivity index (χ2v) is 15.9. The minimum absolute atomic E-state index is 0.0104. The molecular formula is C40H66N6O8. The lowest BCUT2D eigenvalue weighted by Gasteiger charge is -2.41. The van der Waals surface area contributed by atoms with Crippen LogP contribution in [0.15, 0.2) is 24.3 Å². The van der Waals surface area contributed by atoms with Gasteiger partial charge in [0.15, 0.2) is 0 Å². The molecule has 3 rings (SSSR count). The lowest BCUT2D eigenvalue weighted by molar-refractivity contribution is -0.384. The van der Waals surface area contributed by atoms with Crippen LogP contribution in [0.25, 0.3) is 0 Å². The molecule has 4 amide bonds. The average Bonchev–Trinajstić information content (AvgIpc) is 3.64. The standard InChI is InChI=1S/C40H66N6O8/c1-11-27(4)36(44(8)40(50)35(26(2)3)41-38(48)30-16-13-20-42(6)25-30)33(53-9)24-34(47)45-21-14-18-32(45)37(54-10)28(5)39(49)43(7)22-19-29-15-12-17-31(23-29)46(51)52/h12,15,17,23,26-28,30,32-33,35-37H,11,13-14,16,18-22,24-25H2,1-10H3,(H,41,48)/t27-,28+,30+,32-,33+,35-,36-,37+/m0/s1. The Bertz CT molecular complexity index is 1430. The number of piperidine rings is 1. The van der Waals surface area contributed by atoms with Crippen molar-refractivity contribution in [2.75, 3.05) is 61.5 Å². The van der Waals surface area contributed by atoms with Crippen molar-refractivity contribution in [2.45, 2.75) is 110 Å². The number of nitrogens with zero attached hydrogens (tertiary/aromatic N) is 5. The van der Waals surface area contributed by atoms with Crippen LogP contribution in [0.1, 0.15) is 78.7 Å². The van der Waals surface area contributed by atoms with Crippen LogP contribution in [0, 0.1) is 33.8 Å². The van der Waals surface area contributed by atoms with E-state index in [2.05, 4.69) is 10.2 Å². The summed E-state index contributed by atoms with van der Waals surface area (Å²) < 4.78 is 12.0. The van der Waals surface area contributed by atoms with Gasteiger partial charge in [0.25, 0.3) is 5.69 Å². The van der Waals surface area contributed by atoms with Gasteiger partial charge in [0.1, 0.15) is 6.04 Å². The number of nitro benzene ring substituents is 1. The fraction of sp³-hybridized carbons (Fsp3) is 0.750. The number of hydrogen-bond donors (Lipinski definition) is 1. The Labute approximate surface area is 322 Å². The molecule has 1 N–H and O–H groups in total. The Morgan fingerprint density at radius 1 is 1.02 bits per heavy atom. The van der Waals surface area contributed by atoms with Crippen LogP contribution >= 0.6 is 0 Å². The van der Waals surface area contributed by atoms with Gasteiger partial charge in [-0.05, 0) is 63.1 Å². The molecule has 0 unspecified atom stereocenters. The maximum atomic E-state index is 14.2. The molecular weight excluding hydrogens is 692 g/mol. The van der Waals surface area contributed by atoms with Crippen molar-refractivity contribution >= 4 is 29.3 Å². The van der Waals surface area contributed by atoms with Crippen molar-refractivity contribution in [3.05, 3.63) is 39.9 Å². The van der Waals surface area contributed by atoms with Gasteiger partial charge in [-0.15, -0.1) is 0 Å².